The van der Waals surface area contributed by atoms with Gasteiger partial charge in [-0.05, 0) is 49.7 Å². The summed E-state index contributed by atoms with van der Waals surface area (Å²) in [6.45, 7) is 4.35. The van der Waals surface area contributed by atoms with Crippen LogP contribution in [0.25, 0.3) is 11.1 Å². The maximum atomic E-state index is 10.7. The summed E-state index contributed by atoms with van der Waals surface area (Å²) in [7, 11) is 9.87. The van der Waals surface area contributed by atoms with Gasteiger partial charge in [0.1, 0.15) is 5.75 Å². The minimum atomic E-state index is -0.826. The Bertz CT molecular complexity index is 713. The number of hydrogen-bond acceptors (Lipinski definition) is 2. The molecule has 1 saturated carbocycles. The third kappa shape index (κ3) is 6.22. The molecule has 0 aliphatic heterocycles. The van der Waals surface area contributed by atoms with Crippen LogP contribution in [0.3, 0.4) is 0 Å². The Hall–Kier alpha value is -0.627. The van der Waals surface area contributed by atoms with Gasteiger partial charge in [-0.2, -0.15) is 0 Å². The topological polar surface area (TPSA) is 32.6 Å². The van der Waals surface area contributed by atoms with E-state index in [4.69, 9.17) is 22.0 Å². The second kappa shape index (κ2) is 11.3. The predicted molar refractivity (Wildman–Crippen MR) is 109 cm³/mol. The van der Waals surface area contributed by atoms with Gasteiger partial charge in [0, 0.05) is 23.4 Å². The normalized spacial score (nSPS) is 19.7. The number of hydrogen-bond donors (Lipinski definition) is 1. The minimum absolute atomic E-state index is 0.337. The fraction of sp³-hybridized carbons (Fsp3) is 0.381. The average molecular weight is 470 g/mol. The van der Waals surface area contributed by atoms with E-state index in [1.807, 2.05) is 49.5 Å². The molecule has 1 N–H and O–H groups in total. The van der Waals surface area contributed by atoms with Crippen LogP contribution in [0.4, 0.5) is 0 Å². The van der Waals surface area contributed by atoms with Gasteiger partial charge in [0.2, 0.25) is 0 Å². The third-order valence-electron chi connectivity index (χ3n) is 4.92. The van der Waals surface area contributed by atoms with Crippen LogP contribution < -0.4 is 0 Å². The van der Waals surface area contributed by atoms with E-state index < -0.39 is 20.8 Å². The molecule has 2 aromatic carbocycles. The summed E-state index contributed by atoms with van der Waals surface area (Å²) in [6.07, 6.45) is 6.73. The number of phenols is 1. The first-order chi connectivity index (χ1) is 12.6. The van der Waals surface area contributed by atoms with E-state index in [0.29, 0.717) is 11.8 Å². The van der Waals surface area contributed by atoms with Crippen LogP contribution in [0.15, 0.2) is 47.5 Å². The maximum absolute atomic E-state index is 10.7. The van der Waals surface area contributed by atoms with Crippen molar-refractivity contribution in [2.75, 3.05) is 0 Å². The molecule has 5 heteroatoms. The first-order valence-corrected chi connectivity index (χ1v) is 15.3. The average Bonchev–Trinajstić information content (AvgIpc) is 2.64. The number of aliphatic imine (C=N–C) groups is 1. The molecule has 0 amide bonds. The van der Waals surface area contributed by atoms with Gasteiger partial charge in [0.15, 0.2) is 0 Å². The van der Waals surface area contributed by atoms with Gasteiger partial charge in [-0.1, -0.05) is 49.4 Å². The monoisotopic (exact) mass is 467 g/mol. The van der Waals surface area contributed by atoms with Crippen LogP contribution in [0.5, 0.6) is 5.75 Å². The standard InChI is InChI=1S/C21H25NO.2ClH.Zr/c1-15-8-11-18(12-9-15)22-14-20-16(2)10-13-19(21(20)23)17-6-4-3-5-7-17;;;/h3-7,10,13-15,18,23H,8-9,11-12H2,1-2H3;2*1H;/q;;;+2/p-2. The summed E-state index contributed by atoms with van der Waals surface area (Å²) >= 11 is -0.826. The molecule has 3 rings (SSSR count). The molecule has 1 fully saturated rings. The number of aryl methyl sites for hydroxylation is 1. The third-order valence-corrected chi connectivity index (χ3v) is 4.92. The van der Waals surface area contributed by atoms with E-state index in [0.717, 1.165) is 41.0 Å². The van der Waals surface area contributed by atoms with Gasteiger partial charge in [-0.15, -0.1) is 0 Å². The molecule has 0 heterocycles. The fourth-order valence-electron chi connectivity index (χ4n) is 3.29. The predicted octanol–water partition coefficient (Wildman–Crippen LogP) is 6.74. The number of aromatic hydroxyl groups is 1. The Balaban J connectivity index is 0.000000758. The summed E-state index contributed by atoms with van der Waals surface area (Å²) in [5.74, 6) is 1.17. The summed E-state index contributed by atoms with van der Waals surface area (Å²) in [5.41, 5.74) is 3.82. The van der Waals surface area contributed by atoms with Gasteiger partial charge >= 0.3 is 37.9 Å². The van der Waals surface area contributed by atoms with Crippen LogP contribution in [-0.4, -0.2) is 17.4 Å². The molecular formula is C21H25Cl2NOZr. The first-order valence-electron chi connectivity index (χ1n) is 8.94. The van der Waals surface area contributed by atoms with Gasteiger partial charge in [-0.3, -0.25) is 4.99 Å². The number of nitrogens with zero attached hydrogens (tertiary/aromatic N) is 1. The Morgan fingerprint density at radius 2 is 1.65 bits per heavy atom. The number of phenolic OH excluding ortho intramolecular Hbond substituents is 1. The van der Waals surface area contributed by atoms with Crippen molar-refractivity contribution in [2.24, 2.45) is 10.9 Å². The number of rotatable bonds is 3. The molecule has 138 valence electrons. The Kier molecular flexibility index (Phi) is 9.39. The second-order valence-electron chi connectivity index (χ2n) is 6.82. The zero-order valence-corrected chi connectivity index (χ0v) is 19.2. The molecule has 0 aromatic heterocycles. The molecule has 26 heavy (non-hydrogen) atoms. The van der Waals surface area contributed by atoms with Crippen molar-refractivity contribution < 1.29 is 26.0 Å². The number of benzene rings is 2. The quantitative estimate of drug-likeness (QED) is 0.496. The zero-order valence-electron chi connectivity index (χ0n) is 15.3. The summed E-state index contributed by atoms with van der Waals surface area (Å²) < 4.78 is 0. The molecule has 1 aliphatic carbocycles. The van der Waals surface area contributed by atoms with Crippen molar-refractivity contribution in [3.8, 4) is 16.9 Å². The molecule has 2 nitrogen and oxygen atoms in total. The molecule has 0 unspecified atom stereocenters. The molecule has 0 saturated heterocycles. The summed E-state index contributed by atoms with van der Waals surface area (Å²) in [5, 5.41) is 10.7. The SMILES string of the molecule is Cc1ccc(-c2ccccc2)c(O)c1C=NC1CCC(C)CC1.[Cl][Zr][Cl]. The van der Waals surface area contributed by atoms with E-state index in [1.54, 1.807) is 0 Å². The van der Waals surface area contributed by atoms with Crippen molar-refractivity contribution in [3.63, 3.8) is 0 Å². The van der Waals surface area contributed by atoms with E-state index in [2.05, 4.69) is 13.0 Å². The van der Waals surface area contributed by atoms with Crippen molar-refractivity contribution in [1.29, 1.82) is 0 Å². The van der Waals surface area contributed by atoms with Gasteiger partial charge in [0.25, 0.3) is 0 Å². The Labute approximate surface area is 175 Å². The van der Waals surface area contributed by atoms with Crippen molar-refractivity contribution in [3.05, 3.63) is 53.6 Å². The van der Waals surface area contributed by atoms with Crippen LogP contribution in [0, 0.1) is 12.8 Å². The van der Waals surface area contributed by atoms with Crippen molar-refractivity contribution >= 4 is 23.2 Å². The molecule has 0 radical (unpaired) electrons. The van der Waals surface area contributed by atoms with E-state index in [-0.39, 0.29) is 0 Å². The first kappa shape index (κ1) is 21.7. The zero-order chi connectivity index (χ0) is 18.9. The van der Waals surface area contributed by atoms with E-state index in [1.165, 1.54) is 12.8 Å². The molecule has 0 bridgehead atoms. The second-order valence-corrected chi connectivity index (χ2v) is 10.6. The van der Waals surface area contributed by atoms with Gasteiger partial charge in [0.05, 0.1) is 0 Å². The van der Waals surface area contributed by atoms with Crippen LogP contribution in [0.1, 0.15) is 43.7 Å². The van der Waals surface area contributed by atoms with Gasteiger partial charge < -0.3 is 5.11 Å². The van der Waals surface area contributed by atoms with Gasteiger partial charge in [-0.25, -0.2) is 0 Å². The molecule has 1 aliphatic rings. The molecule has 0 spiro atoms. The molecular weight excluding hydrogens is 444 g/mol. The van der Waals surface area contributed by atoms with Crippen LogP contribution >= 0.6 is 17.0 Å². The van der Waals surface area contributed by atoms with Crippen molar-refractivity contribution in [2.45, 2.75) is 45.6 Å². The van der Waals surface area contributed by atoms with Crippen LogP contribution in [-0.2, 0) is 20.8 Å². The van der Waals surface area contributed by atoms with E-state index >= 15 is 0 Å². The summed E-state index contributed by atoms with van der Waals surface area (Å²) in [4.78, 5) is 4.76. The number of halogens is 2. The molecule has 2 aromatic rings. The Morgan fingerprint density at radius 3 is 2.27 bits per heavy atom. The van der Waals surface area contributed by atoms with Crippen LogP contribution in [0.2, 0.25) is 0 Å². The summed E-state index contributed by atoms with van der Waals surface area (Å²) in [6, 6.07) is 14.5. The van der Waals surface area contributed by atoms with Crippen molar-refractivity contribution in [1.82, 2.24) is 0 Å². The Morgan fingerprint density at radius 1 is 1.04 bits per heavy atom. The molecule has 0 atom stereocenters. The van der Waals surface area contributed by atoms with E-state index in [9.17, 15) is 5.11 Å². The fourth-order valence-corrected chi connectivity index (χ4v) is 3.29.